The van der Waals surface area contributed by atoms with Crippen molar-refractivity contribution >= 4 is 27.5 Å². The topological polar surface area (TPSA) is 53.4 Å². The molecule has 0 saturated carbocycles. The van der Waals surface area contributed by atoms with Gasteiger partial charge >= 0.3 is 6.18 Å². The highest BCUT2D eigenvalue weighted by Crippen LogP contribution is 2.34. The number of alkyl halides is 3. The van der Waals surface area contributed by atoms with Gasteiger partial charge in [-0.3, -0.25) is 4.79 Å². The SMILES string of the molecule is C[C@H](c1nc2ccccc2s1)N(C)C(=O)C[C@](C)(O)C(F)(F)F. The molecular formula is C15H17F3N2O2S. The van der Waals surface area contributed by atoms with Gasteiger partial charge in [0.2, 0.25) is 5.91 Å². The Labute approximate surface area is 135 Å². The molecule has 4 nitrogen and oxygen atoms in total. The summed E-state index contributed by atoms with van der Waals surface area (Å²) in [7, 11) is 1.41. The number of aliphatic hydroxyl groups is 1. The highest BCUT2D eigenvalue weighted by molar-refractivity contribution is 7.18. The van der Waals surface area contributed by atoms with Crippen molar-refractivity contribution in [3.05, 3.63) is 29.3 Å². The van der Waals surface area contributed by atoms with Crippen LogP contribution in [-0.2, 0) is 4.79 Å². The van der Waals surface area contributed by atoms with Gasteiger partial charge in [0.05, 0.1) is 22.7 Å². The van der Waals surface area contributed by atoms with Crippen molar-refractivity contribution in [2.45, 2.75) is 38.1 Å². The van der Waals surface area contributed by atoms with Crippen LogP contribution in [0, 0.1) is 0 Å². The van der Waals surface area contributed by atoms with E-state index in [1.807, 2.05) is 24.3 Å². The van der Waals surface area contributed by atoms with Gasteiger partial charge in [0.1, 0.15) is 5.01 Å². The van der Waals surface area contributed by atoms with E-state index in [0.717, 1.165) is 10.2 Å². The molecule has 126 valence electrons. The Morgan fingerprint density at radius 2 is 2.00 bits per heavy atom. The van der Waals surface area contributed by atoms with Crippen LogP contribution in [0.2, 0.25) is 0 Å². The van der Waals surface area contributed by atoms with Crippen LogP contribution in [0.1, 0.15) is 31.3 Å². The number of nitrogens with zero attached hydrogens (tertiary/aromatic N) is 2. The first kappa shape index (κ1) is 17.7. The van der Waals surface area contributed by atoms with E-state index in [4.69, 9.17) is 0 Å². The third-order valence-corrected chi connectivity index (χ3v) is 4.95. The number of rotatable bonds is 4. The normalized spacial score (nSPS) is 16.1. The Hall–Kier alpha value is -1.67. The zero-order chi connectivity index (χ0) is 17.4. The summed E-state index contributed by atoms with van der Waals surface area (Å²) in [5.74, 6) is -0.793. The Balaban J connectivity index is 2.15. The Morgan fingerprint density at radius 1 is 1.39 bits per heavy atom. The van der Waals surface area contributed by atoms with Gasteiger partial charge in [0.25, 0.3) is 0 Å². The molecule has 1 heterocycles. The average Bonchev–Trinajstić information content (AvgIpc) is 2.87. The van der Waals surface area contributed by atoms with Crippen LogP contribution in [0.3, 0.4) is 0 Å². The molecule has 0 bridgehead atoms. The van der Waals surface area contributed by atoms with Crippen LogP contribution >= 0.6 is 11.3 Å². The van der Waals surface area contributed by atoms with Crippen molar-refractivity contribution in [2.75, 3.05) is 7.05 Å². The molecule has 23 heavy (non-hydrogen) atoms. The molecule has 0 saturated heterocycles. The second-order valence-corrected chi connectivity index (χ2v) is 6.71. The van der Waals surface area contributed by atoms with Gasteiger partial charge < -0.3 is 10.0 Å². The number of hydrogen-bond donors (Lipinski definition) is 1. The molecule has 1 amide bonds. The lowest BCUT2D eigenvalue weighted by Crippen LogP contribution is -2.46. The number of hydrogen-bond acceptors (Lipinski definition) is 4. The van der Waals surface area contributed by atoms with E-state index in [2.05, 4.69) is 4.98 Å². The minimum atomic E-state index is -4.86. The van der Waals surface area contributed by atoms with Crippen LogP contribution in [0.25, 0.3) is 10.2 Å². The van der Waals surface area contributed by atoms with Gasteiger partial charge in [-0.1, -0.05) is 12.1 Å². The summed E-state index contributed by atoms with van der Waals surface area (Å²) < 4.78 is 39.0. The summed E-state index contributed by atoms with van der Waals surface area (Å²) in [5, 5.41) is 10.1. The molecular weight excluding hydrogens is 329 g/mol. The Bertz CT molecular complexity index is 679. The largest absolute Gasteiger partial charge is 0.417 e. The fraction of sp³-hybridized carbons (Fsp3) is 0.467. The number of fused-ring (bicyclic) bond motifs is 1. The zero-order valence-corrected chi connectivity index (χ0v) is 13.7. The van der Waals surface area contributed by atoms with E-state index in [1.165, 1.54) is 23.3 Å². The number of thiazole rings is 1. The molecule has 1 aromatic heterocycles. The van der Waals surface area contributed by atoms with Crippen molar-refractivity contribution in [1.82, 2.24) is 9.88 Å². The average molecular weight is 346 g/mol. The number of halogens is 3. The second kappa shape index (κ2) is 6.09. The summed E-state index contributed by atoms with van der Waals surface area (Å²) in [6.45, 7) is 2.29. The number of carbonyl (C=O) groups is 1. The lowest BCUT2D eigenvalue weighted by molar-refractivity contribution is -0.254. The third kappa shape index (κ3) is 3.64. The molecule has 2 atom stereocenters. The maximum absolute atomic E-state index is 12.7. The molecule has 0 fully saturated rings. The number of para-hydroxylation sites is 1. The monoisotopic (exact) mass is 346 g/mol. The van der Waals surface area contributed by atoms with Crippen LogP contribution in [0.15, 0.2) is 24.3 Å². The molecule has 0 aliphatic heterocycles. The van der Waals surface area contributed by atoms with Crippen LogP contribution in [-0.4, -0.2) is 39.7 Å². The maximum atomic E-state index is 12.7. The lowest BCUT2D eigenvalue weighted by atomic mass is 10.0. The quantitative estimate of drug-likeness (QED) is 0.922. The number of carbonyl (C=O) groups excluding carboxylic acids is 1. The van der Waals surface area contributed by atoms with Gasteiger partial charge in [-0.15, -0.1) is 11.3 Å². The molecule has 2 aromatic rings. The summed E-state index contributed by atoms with van der Waals surface area (Å²) in [4.78, 5) is 17.7. The molecule has 0 spiro atoms. The predicted octanol–water partition coefficient (Wildman–Crippen LogP) is 3.52. The zero-order valence-electron chi connectivity index (χ0n) is 12.9. The summed E-state index contributed by atoms with van der Waals surface area (Å²) >= 11 is 1.38. The van der Waals surface area contributed by atoms with Crippen molar-refractivity contribution in [2.24, 2.45) is 0 Å². The molecule has 0 aliphatic rings. The fourth-order valence-corrected chi connectivity index (χ4v) is 3.03. The smallest absolute Gasteiger partial charge is 0.380 e. The fourth-order valence-electron chi connectivity index (χ4n) is 1.97. The number of aromatic nitrogens is 1. The van der Waals surface area contributed by atoms with E-state index >= 15 is 0 Å². The van der Waals surface area contributed by atoms with Crippen LogP contribution in [0.5, 0.6) is 0 Å². The second-order valence-electron chi connectivity index (χ2n) is 5.65. The first-order chi connectivity index (χ1) is 10.5. The molecule has 0 unspecified atom stereocenters. The first-order valence-electron chi connectivity index (χ1n) is 6.93. The van der Waals surface area contributed by atoms with E-state index in [1.54, 1.807) is 6.92 Å². The number of benzene rings is 1. The van der Waals surface area contributed by atoms with Crippen molar-refractivity contribution in [3.63, 3.8) is 0 Å². The Morgan fingerprint density at radius 3 is 2.57 bits per heavy atom. The molecule has 1 N–H and O–H groups in total. The van der Waals surface area contributed by atoms with E-state index in [0.29, 0.717) is 11.9 Å². The molecule has 0 radical (unpaired) electrons. The van der Waals surface area contributed by atoms with Gasteiger partial charge in [-0.2, -0.15) is 13.2 Å². The maximum Gasteiger partial charge on any atom is 0.417 e. The van der Waals surface area contributed by atoms with E-state index < -0.39 is 30.1 Å². The van der Waals surface area contributed by atoms with Crippen LogP contribution < -0.4 is 0 Å². The van der Waals surface area contributed by atoms with Crippen molar-refractivity contribution in [1.29, 1.82) is 0 Å². The van der Waals surface area contributed by atoms with Gasteiger partial charge in [-0.05, 0) is 26.0 Å². The molecule has 1 aromatic carbocycles. The minimum Gasteiger partial charge on any atom is -0.380 e. The molecule has 2 rings (SSSR count). The van der Waals surface area contributed by atoms with E-state index in [9.17, 15) is 23.1 Å². The van der Waals surface area contributed by atoms with Crippen molar-refractivity contribution in [3.8, 4) is 0 Å². The van der Waals surface area contributed by atoms with Crippen molar-refractivity contribution < 1.29 is 23.1 Å². The summed E-state index contributed by atoms with van der Waals surface area (Å²) in [5.41, 5.74) is -2.27. The Kier molecular flexibility index (Phi) is 4.68. The van der Waals surface area contributed by atoms with Gasteiger partial charge in [0, 0.05) is 7.05 Å². The van der Waals surface area contributed by atoms with E-state index in [-0.39, 0.29) is 0 Å². The van der Waals surface area contributed by atoms with Gasteiger partial charge in [-0.25, -0.2) is 4.98 Å². The highest BCUT2D eigenvalue weighted by Gasteiger charge is 2.51. The van der Waals surface area contributed by atoms with Crippen LogP contribution in [0.4, 0.5) is 13.2 Å². The minimum absolute atomic E-state index is 0.482. The first-order valence-corrected chi connectivity index (χ1v) is 7.75. The highest BCUT2D eigenvalue weighted by atomic mass is 32.1. The number of amides is 1. The summed E-state index contributed by atoms with van der Waals surface area (Å²) in [6, 6.07) is 6.94. The third-order valence-electron chi connectivity index (χ3n) is 3.75. The summed E-state index contributed by atoms with van der Waals surface area (Å²) in [6.07, 6.45) is -5.88. The van der Waals surface area contributed by atoms with Gasteiger partial charge in [0.15, 0.2) is 5.60 Å². The molecule has 0 aliphatic carbocycles. The predicted molar refractivity (Wildman–Crippen MR) is 82.1 cm³/mol. The molecule has 8 heteroatoms. The standard InChI is InChI=1S/C15H17F3N2O2S/c1-9(13-19-10-6-4-5-7-11(10)23-13)20(3)12(21)8-14(2,22)15(16,17)18/h4-7,9,22H,8H2,1-3H3/t9-,14+/m1/s1. The lowest BCUT2D eigenvalue weighted by Gasteiger charge is -2.30.